The van der Waals surface area contributed by atoms with Gasteiger partial charge in [-0.3, -0.25) is 4.79 Å². The van der Waals surface area contributed by atoms with Crippen molar-refractivity contribution < 1.29 is 14.1 Å². The Kier molecular flexibility index (Phi) is 4.55. The molecule has 0 fully saturated rings. The first-order valence-electron chi connectivity index (χ1n) is 9.48. The van der Waals surface area contributed by atoms with E-state index < -0.39 is 0 Å². The smallest absolute Gasteiger partial charge is 0.257 e. The molecule has 30 heavy (non-hydrogen) atoms. The second-order valence-electron chi connectivity index (χ2n) is 7.09. The molecule has 0 saturated carbocycles. The molecule has 1 aromatic carbocycles. The van der Waals surface area contributed by atoms with E-state index in [2.05, 4.69) is 34.5 Å². The molecule has 0 aliphatic carbocycles. The van der Waals surface area contributed by atoms with E-state index in [0.717, 1.165) is 33.4 Å². The third kappa shape index (κ3) is 3.24. The lowest BCUT2D eigenvalue weighted by molar-refractivity contribution is 0.102. The van der Waals surface area contributed by atoms with Crippen LogP contribution in [0.25, 0.3) is 22.1 Å². The van der Waals surface area contributed by atoms with Crippen LogP contribution in [-0.4, -0.2) is 37.4 Å². The topological polar surface area (TPSA) is 108 Å². The molecule has 9 nitrogen and oxygen atoms in total. The van der Waals surface area contributed by atoms with Crippen LogP contribution in [-0.2, 0) is 6.42 Å². The number of rotatable bonds is 4. The number of anilines is 1. The lowest BCUT2D eigenvalue weighted by Crippen LogP contribution is -2.12. The molecule has 4 aromatic rings. The monoisotopic (exact) mass is 422 g/mol. The van der Waals surface area contributed by atoms with Crippen molar-refractivity contribution in [3.63, 3.8) is 0 Å². The molecule has 0 atom stereocenters. The fourth-order valence-corrected chi connectivity index (χ4v) is 4.34. The largest absolute Gasteiger partial charge is 0.492 e. The predicted octanol–water partition coefficient (Wildman–Crippen LogP) is 3.82. The number of aromatic nitrogens is 5. The molecular weight excluding hydrogens is 404 g/mol. The molecule has 0 saturated heterocycles. The zero-order valence-corrected chi connectivity index (χ0v) is 17.1. The van der Waals surface area contributed by atoms with Crippen LogP contribution in [0.4, 0.5) is 5.82 Å². The molecule has 3 aromatic heterocycles. The molecule has 1 aliphatic rings. The highest BCUT2D eigenvalue weighted by molar-refractivity contribution is 7.15. The van der Waals surface area contributed by atoms with E-state index >= 15 is 0 Å². The van der Waals surface area contributed by atoms with E-state index in [1.807, 2.05) is 10.6 Å². The Hall–Kier alpha value is -3.53. The van der Waals surface area contributed by atoms with Gasteiger partial charge in [0.05, 0.1) is 12.3 Å². The third-order valence-corrected chi connectivity index (χ3v) is 5.89. The van der Waals surface area contributed by atoms with Crippen molar-refractivity contribution in [2.45, 2.75) is 26.3 Å². The lowest BCUT2D eigenvalue weighted by Gasteiger charge is -2.10. The summed E-state index contributed by atoms with van der Waals surface area (Å²) < 4.78 is 12.7. The van der Waals surface area contributed by atoms with Gasteiger partial charge in [-0.05, 0) is 32.0 Å². The lowest BCUT2D eigenvalue weighted by atomic mass is 10.1. The third-order valence-electron chi connectivity index (χ3n) is 4.78. The molecule has 0 bridgehead atoms. The minimum Gasteiger partial charge on any atom is -0.492 e. The van der Waals surface area contributed by atoms with Crippen molar-refractivity contribution in [3.05, 3.63) is 47.3 Å². The van der Waals surface area contributed by atoms with E-state index in [0.29, 0.717) is 23.7 Å². The van der Waals surface area contributed by atoms with Gasteiger partial charge >= 0.3 is 0 Å². The zero-order chi connectivity index (χ0) is 20.7. The first-order chi connectivity index (χ1) is 14.6. The van der Waals surface area contributed by atoms with Crippen LogP contribution in [0.3, 0.4) is 0 Å². The number of carbonyl (C=O) groups excluding carboxylic acids is 1. The van der Waals surface area contributed by atoms with E-state index in [1.54, 1.807) is 35.9 Å². The summed E-state index contributed by atoms with van der Waals surface area (Å²) >= 11 is 1.60. The predicted molar refractivity (Wildman–Crippen MR) is 111 cm³/mol. The Bertz CT molecular complexity index is 1210. The summed E-state index contributed by atoms with van der Waals surface area (Å²) in [7, 11) is 0. The Morgan fingerprint density at radius 2 is 2.20 bits per heavy atom. The van der Waals surface area contributed by atoms with Crippen molar-refractivity contribution in [1.29, 1.82) is 0 Å². The molecule has 0 radical (unpaired) electrons. The van der Waals surface area contributed by atoms with Crippen LogP contribution >= 0.6 is 11.3 Å². The minimum absolute atomic E-state index is 0.236. The number of nitrogens with one attached hydrogen (secondary N) is 1. The SMILES string of the molecule is CC(C)n1cnnc1-c1nc2c(s1)CCOc1cc(C(=O)Nc3ccon3)ccc1-2. The fraction of sp³-hybridized carbons (Fsp3) is 0.250. The molecule has 0 unspecified atom stereocenters. The maximum absolute atomic E-state index is 12.5. The molecule has 4 heterocycles. The highest BCUT2D eigenvalue weighted by atomic mass is 32.1. The van der Waals surface area contributed by atoms with Gasteiger partial charge in [-0.25, -0.2) is 4.98 Å². The van der Waals surface area contributed by atoms with Crippen LogP contribution in [0.2, 0.25) is 0 Å². The summed E-state index contributed by atoms with van der Waals surface area (Å²) in [6.07, 6.45) is 3.86. The standard InChI is InChI=1S/C20H18N6O3S/c1-11(2)26-10-21-24-18(26)20-23-17-13-4-3-12(19(27)22-16-6-8-29-25-16)9-14(13)28-7-5-15(17)30-20/h3-4,6,8-11H,5,7H2,1-2H3,(H,22,25,27). The summed E-state index contributed by atoms with van der Waals surface area (Å²) in [5, 5.41) is 15.5. The van der Waals surface area contributed by atoms with Gasteiger partial charge in [0.25, 0.3) is 5.91 Å². The van der Waals surface area contributed by atoms with Crippen LogP contribution < -0.4 is 10.1 Å². The maximum Gasteiger partial charge on any atom is 0.257 e. The van der Waals surface area contributed by atoms with Crippen molar-refractivity contribution in [1.82, 2.24) is 24.9 Å². The first kappa shape index (κ1) is 18.5. The Morgan fingerprint density at radius 3 is 3.00 bits per heavy atom. The Balaban J connectivity index is 1.50. The van der Waals surface area contributed by atoms with E-state index in [-0.39, 0.29) is 11.9 Å². The second kappa shape index (κ2) is 7.38. The average molecular weight is 422 g/mol. The number of carbonyl (C=O) groups is 1. The first-order valence-corrected chi connectivity index (χ1v) is 10.3. The van der Waals surface area contributed by atoms with Crippen LogP contribution in [0, 0.1) is 0 Å². The van der Waals surface area contributed by atoms with Crippen LogP contribution in [0.5, 0.6) is 5.75 Å². The number of nitrogens with zero attached hydrogens (tertiary/aromatic N) is 5. The molecule has 152 valence electrons. The molecule has 1 N–H and O–H groups in total. The molecule has 0 spiro atoms. The molecule has 5 rings (SSSR count). The summed E-state index contributed by atoms with van der Waals surface area (Å²) in [4.78, 5) is 18.5. The maximum atomic E-state index is 12.5. The molecule has 1 aliphatic heterocycles. The van der Waals surface area contributed by atoms with Gasteiger partial charge in [0.2, 0.25) is 0 Å². The van der Waals surface area contributed by atoms with E-state index in [4.69, 9.17) is 14.2 Å². The van der Waals surface area contributed by atoms with Gasteiger partial charge in [-0.15, -0.1) is 21.5 Å². The number of benzene rings is 1. The van der Waals surface area contributed by atoms with Gasteiger partial charge in [-0.1, -0.05) is 5.16 Å². The molecule has 1 amide bonds. The van der Waals surface area contributed by atoms with Gasteiger partial charge in [0, 0.05) is 34.5 Å². The van der Waals surface area contributed by atoms with Crippen molar-refractivity contribution in [2.75, 3.05) is 11.9 Å². The number of thiazole rings is 1. The second-order valence-corrected chi connectivity index (χ2v) is 8.18. The number of hydrogen-bond acceptors (Lipinski definition) is 8. The highest BCUT2D eigenvalue weighted by Crippen LogP contribution is 2.40. The van der Waals surface area contributed by atoms with Gasteiger partial charge < -0.3 is 19.1 Å². The zero-order valence-electron chi connectivity index (χ0n) is 16.3. The Labute approximate surface area is 175 Å². The van der Waals surface area contributed by atoms with Gasteiger partial charge in [-0.2, -0.15) is 0 Å². The van der Waals surface area contributed by atoms with E-state index in [9.17, 15) is 4.79 Å². The number of fused-ring (bicyclic) bond motifs is 3. The summed E-state index contributed by atoms with van der Waals surface area (Å²) in [5.74, 6) is 1.46. The summed E-state index contributed by atoms with van der Waals surface area (Å²) in [5.41, 5.74) is 2.19. The molecular formula is C20H18N6O3S. The molecule has 10 heteroatoms. The van der Waals surface area contributed by atoms with Crippen molar-refractivity contribution in [3.8, 4) is 27.8 Å². The van der Waals surface area contributed by atoms with Gasteiger partial charge in [0.15, 0.2) is 16.6 Å². The summed E-state index contributed by atoms with van der Waals surface area (Å²) in [6.45, 7) is 4.67. The van der Waals surface area contributed by atoms with Crippen molar-refractivity contribution >= 4 is 23.1 Å². The average Bonchev–Trinajstić information content (AvgIpc) is 3.47. The minimum atomic E-state index is -0.288. The highest BCUT2D eigenvalue weighted by Gasteiger charge is 2.24. The van der Waals surface area contributed by atoms with Crippen molar-refractivity contribution in [2.24, 2.45) is 0 Å². The summed E-state index contributed by atoms with van der Waals surface area (Å²) in [6, 6.07) is 7.17. The number of ether oxygens (including phenoxy) is 1. The fourth-order valence-electron chi connectivity index (χ4n) is 3.30. The van der Waals surface area contributed by atoms with Crippen LogP contribution in [0.15, 0.2) is 41.4 Å². The van der Waals surface area contributed by atoms with Crippen LogP contribution in [0.1, 0.15) is 35.1 Å². The normalized spacial score (nSPS) is 12.8. The number of amides is 1. The van der Waals surface area contributed by atoms with E-state index in [1.165, 1.54) is 6.26 Å². The Morgan fingerprint density at radius 1 is 1.30 bits per heavy atom. The quantitative estimate of drug-likeness (QED) is 0.532. The van der Waals surface area contributed by atoms with Gasteiger partial charge in [0.1, 0.15) is 18.3 Å². The number of hydrogen-bond donors (Lipinski definition) is 1.